The van der Waals surface area contributed by atoms with Gasteiger partial charge in [0.2, 0.25) is 0 Å². The van der Waals surface area contributed by atoms with Gasteiger partial charge in [0.1, 0.15) is 11.5 Å². The van der Waals surface area contributed by atoms with Gasteiger partial charge >= 0.3 is 5.63 Å². The van der Waals surface area contributed by atoms with Gasteiger partial charge in [0.25, 0.3) is 10.0 Å². The summed E-state index contributed by atoms with van der Waals surface area (Å²) in [7, 11) is -3.71. The molecule has 6 nitrogen and oxygen atoms in total. The summed E-state index contributed by atoms with van der Waals surface area (Å²) in [6.45, 7) is 3.98. The molecule has 7 heteroatoms. The van der Waals surface area contributed by atoms with Crippen LogP contribution in [0.3, 0.4) is 0 Å². The van der Waals surface area contributed by atoms with Gasteiger partial charge in [-0.15, -0.1) is 0 Å². The molecule has 1 aliphatic rings. The third kappa shape index (κ3) is 5.53. The lowest BCUT2D eigenvalue weighted by Crippen LogP contribution is -2.24. The van der Waals surface area contributed by atoms with Gasteiger partial charge < -0.3 is 9.52 Å². The molecule has 0 saturated heterocycles. The third-order valence-electron chi connectivity index (χ3n) is 7.10. The monoisotopic (exact) mass is 529 g/mol. The summed E-state index contributed by atoms with van der Waals surface area (Å²) in [5.41, 5.74) is 1.58. The molecule has 4 aromatic rings. The van der Waals surface area contributed by atoms with E-state index in [1.54, 1.807) is 48.5 Å². The molecule has 0 amide bonds. The van der Waals surface area contributed by atoms with Crippen LogP contribution < -0.4 is 10.3 Å². The van der Waals surface area contributed by atoms with E-state index in [0.29, 0.717) is 17.9 Å². The van der Waals surface area contributed by atoms with E-state index >= 15 is 0 Å². The minimum Gasteiger partial charge on any atom is -0.507 e. The molecule has 1 saturated carbocycles. The molecule has 0 aliphatic heterocycles. The second-order valence-electron chi connectivity index (χ2n) is 10.6. The molecule has 0 bridgehead atoms. The summed E-state index contributed by atoms with van der Waals surface area (Å²) >= 11 is 0. The van der Waals surface area contributed by atoms with Crippen LogP contribution in [0.4, 0.5) is 5.69 Å². The van der Waals surface area contributed by atoms with Crippen LogP contribution in [0.25, 0.3) is 0 Å². The average Bonchev–Trinajstić information content (AvgIpc) is 3.73. The second kappa shape index (κ2) is 10.1. The molecule has 2 N–H and O–H groups in total. The Bertz CT molecular complexity index is 1570. The maximum atomic E-state index is 13.3. The fourth-order valence-corrected chi connectivity index (χ4v) is 6.06. The Kier molecular flexibility index (Phi) is 6.88. The molecular formula is C31H31NO5S. The van der Waals surface area contributed by atoms with Crippen molar-refractivity contribution in [3.05, 3.63) is 124 Å². The SMILES string of the molecule is CC(C)(Cc1ccccc1)c1cc(O)c(C(c2ccc(NS(=O)(=O)c3ccccc3)cc2)C2CC2)c(=O)o1. The molecule has 5 rings (SSSR count). The first-order chi connectivity index (χ1) is 18.1. The highest BCUT2D eigenvalue weighted by Gasteiger charge is 2.38. The molecule has 3 aromatic carbocycles. The molecule has 1 aromatic heterocycles. The van der Waals surface area contributed by atoms with Gasteiger partial charge in [0.15, 0.2) is 0 Å². The van der Waals surface area contributed by atoms with Crippen molar-refractivity contribution in [2.45, 2.75) is 49.3 Å². The van der Waals surface area contributed by atoms with Crippen LogP contribution in [0.2, 0.25) is 0 Å². The maximum absolute atomic E-state index is 13.3. The first kappa shape index (κ1) is 25.8. The number of anilines is 1. The van der Waals surface area contributed by atoms with Gasteiger partial charge in [-0.1, -0.05) is 74.5 Å². The predicted octanol–water partition coefficient (Wildman–Crippen LogP) is 6.21. The van der Waals surface area contributed by atoms with E-state index in [2.05, 4.69) is 4.72 Å². The van der Waals surface area contributed by atoms with E-state index in [1.165, 1.54) is 12.1 Å². The van der Waals surface area contributed by atoms with Crippen molar-refractivity contribution in [1.29, 1.82) is 0 Å². The number of aromatic hydroxyl groups is 1. The van der Waals surface area contributed by atoms with E-state index in [1.807, 2.05) is 44.2 Å². The highest BCUT2D eigenvalue weighted by atomic mass is 32.2. The van der Waals surface area contributed by atoms with Crippen LogP contribution in [0, 0.1) is 5.92 Å². The topological polar surface area (TPSA) is 96.6 Å². The van der Waals surface area contributed by atoms with Crippen LogP contribution in [-0.2, 0) is 21.9 Å². The summed E-state index contributed by atoms with van der Waals surface area (Å²) in [4.78, 5) is 13.5. The molecule has 1 atom stereocenters. The number of benzene rings is 3. The summed E-state index contributed by atoms with van der Waals surface area (Å²) in [6, 6.07) is 26.7. The van der Waals surface area contributed by atoms with Gasteiger partial charge in [-0.2, -0.15) is 0 Å². The quantitative estimate of drug-likeness (QED) is 0.269. The van der Waals surface area contributed by atoms with Crippen molar-refractivity contribution in [1.82, 2.24) is 0 Å². The average molecular weight is 530 g/mol. The van der Waals surface area contributed by atoms with Crippen molar-refractivity contribution in [3.63, 3.8) is 0 Å². The Labute approximate surface area is 223 Å². The molecule has 1 fully saturated rings. The molecule has 1 unspecified atom stereocenters. The Morgan fingerprint density at radius 1 is 0.947 bits per heavy atom. The number of nitrogens with one attached hydrogen (secondary N) is 1. The zero-order valence-electron chi connectivity index (χ0n) is 21.4. The van der Waals surface area contributed by atoms with E-state index in [9.17, 15) is 18.3 Å². The van der Waals surface area contributed by atoms with E-state index < -0.39 is 21.1 Å². The van der Waals surface area contributed by atoms with Crippen molar-refractivity contribution < 1.29 is 17.9 Å². The van der Waals surface area contributed by atoms with Crippen molar-refractivity contribution >= 4 is 15.7 Å². The van der Waals surface area contributed by atoms with Crippen LogP contribution in [0.15, 0.2) is 105 Å². The molecule has 1 heterocycles. The van der Waals surface area contributed by atoms with Crippen molar-refractivity contribution in [2.24, 2.45) is 5.92 Å². The first-order valence-electron chi connectivity index (χ1n) is 12.7. The fourth-order valence-electron chi connectivity index (χ4n) is 4.98. The highest BCUT2D eigenvalue weighted by molar-refractivity contribution is 7.92. The normalized spacial score (nSPS) is 14.7. The van der Waals surface area contributed by atoms with Crippen molar-refractivity contribution in [3.8, 4) is 5.75 Å². The largest absolute Gasteiger partial charge is 0.507 e. The van der Waals surface area contributed by atoms with Crippen LogP contribution >= 0.6 is 0 Å². The standard InChI is InChI=1S/C31H31NO5S/c1-31(2,20-21-9-5-3-6-10-21)27-19-26(33)29(30(34)37-27)28(22-13-14-22)23-15-17-24(18-16-23)32-38(35,36)25-11-7-4-8-12-25/h3-12,15-19,22,28,32-33H,13-14,20H2,1-2H3. The van der Waals surface area contributed by atoms with E-state index in [4.69, 9.17) is 4.42 Å². The Morgan fingerprint density at radius 3 is 2.13 bits per heavy atom. The van der Waals surface area contributed by atoms with Gasteiger partial charge in [-0.05, 0) is 60.6 Å². The van der Waals surface area contributed by atoms with Gasteiger partial charge in [0, 0.05) is 23.1 Å². The van der Waals surface area contributed by atoms with Crippen LogP contribution in [-0.4, -0.2) is 13.5 Å². The van der Waals surface area contributed by atoms with Crippen LogP contribution in [0.1, 0.15) is 55.1 Å². The smallest absolute Gasteiger partial charge is 0.343 e. The Hall–Kier alpha value is -3.84. The summed E-state index contributed by atoms with van der Waals surface area (Å²) < 4.78 is 33.8. The third-order valence-corrected chi connectivity index (χ3v) is 8.50. The molecule has 0 radical (unpaired) electrons. The lowest BCUT2D eigenvalue weighted by atomic mass is 9.82. The van der Waals surface area contributed by atoms with E-state index in [-0.39, 0.29) is 28.0 Å². The minimum atomic E-state index is -3.71. The molecule has 196 valence electrons. The Morgan fingerprint density at radius 2 is 1.55 bits per heavy atom. The van der Waals surface area contributed by atoms with Crippen molar-refractivity contribution in [2.75, 3.05) is 4.72 Å². The predicted molar refractivity (Wildman–Crippen MR) is 148 cm³/mol. The summed E-state index contributed by atoms with van der Waals surface area (Å²) in [5.74, 6) is 0.243. The van der Waals surface area contributed by atoms with E-state index in [0.717, 1.165) is 24.0 Å². The minimum absolute atomic E-state index is 0.0665. The maximum Gasteiger partial charge on any atom is 0.343 e. The van der Waals surface area contributed by atoms with Gasteiger partial charge in [-0.3, -0.25) is 4.72 Å². The summed E-state index contributed by atoms with van der Waals surface area (Å²) in [5, 5.41) is 11.1. The highest BCUT2D eigenvalue weighted by Crippen LogP contribution is 2.48. The number of hydrogen-bond donors (Lipinski definition) is 2. The number of hydrogen-bond acceptors (Lipinski definition) is 5. The van der Waals surface area contributed by atoms with Gasteiger partial charge in [0.05, 0.1) is 10.5 Å². The number of sulfonamides is 1. The molecular weight excluding hydrogens is 498 g/mol. The lowest BCUT2D eigenvalue weighted by Gasteiger charge is -2.25. The second-order valence-corrected chi connectivity index (χ2v) is 12.3. The Balaban J connectivity index is 1.42. The van der Waals surface area contributed by atoms with Gasteiger partial charge in [-0.25, -0.2) is 13.2 Å². The molecule has 0 spiro atoms. The zero-order chi connectivity index (χ0) is 26.9. The fraction of sp³-hybridized carbons (Fsp3) is 0.258. The van der Waals surface area contributed by atoms with Crippen LogP contribution in [0.5, 0.6) is 5.75 Å². The zero-order valence-corrected chi connectivity index (χ0v) is 22.2. The molecule has 38 heavy (non-hydrogen) atoms. The first-order valence-corrected chi connectivity index (χ1v) is 14.2. The molecule has 1 aliphatic carbocycles. The lowest BCUT2D eigenvalue weighted by molar-refractivity contribution is 0.337. The summed E-state index contributed by atoms with van der Waals surface area (Å²) in [6.07, 6.45) is 2.53. The number of rotatable bonds is 9.